The maximum absolute atomic E-state index is 12.9. The zero-order chi connectivity index (χ0) is 10.8. The van der Waals surface area contributed by atoms with E-state index >= 15 is 0 Å². The molecular formula is C9H7F2N3O. The standard InChI is InChI=1S/C9H7F2N3O/c10-6-2-1-5(3-7(6)11)8(12)9-13-4-15-14-9/h1-4,8H,12H2/t8-/m1/s1. The van der Waals surface area contributed by atoms with Crippen molar-refractivity contribution in [1.29, 1.82) is 0 Å². The van der Waals surface area contributed by atoms with Gasteiger partial charge in [0.05, 0.1) is 6.04 Å². The lowest BCUT2D eigenvalue weighted by atomic mass is 10.1. The average molecular weight is 211 g/mol. The summed E-state index contributed by atoms with van der Waals surface area (Å²) >= 11 is 0. The number of benzene rings is 1. The van der Waals surface area contributed by atoms with Crippen LogP contribution in [0.5, 0.6) is 0 Å². The van der Waals surface area contributed by atoms with Crippen LogP contribution in [0, 0.1) is 11.6 Å². The smallest absolute Gasteiger partial charge is 0.213 e. The Balaban J connectivity index is 2.34. The number of halogens is 2. The SMILES string of the molecule is N[C@H](c1ccc(F)c(F)c1)c1ncon1. The van der Waals surface area contributed by atoms with E-state index in [9.17, 15) is 8.78 Å². The van der Waals surface area contributed by atoms with Crippen molar-refractivity contribution in [2.45, 2.75) is 6.04 Å². The Kier molecular flexibility index (Phi) is 2.42. The Hall–Kier alpha value is -1.82. The Morgan fingerprint density at radius 3 is 2.67 bits per heavy atom. The molecule has 2 rings (SSSR count). The Bertz CT molecular complexity index is 458. The van der Waals surface area contributed by atoms with E-state index in [0.717, 1.165) is 18.5 Å². The molecule has 0 saturated carbocycles. The van der Waals surface area contributed by atoms with E-state index in [4.69, 9.17) is 5.73 Å². The van der Waals surface area contributed by atoms with Crippen LogP contribution in [0.15, 0.2) is 29.1 Å². The third-order valence-electron chi connectivity index (χ3n) is 1.96. The molecule has 15 heavy (non-hydrogen) atoms. The van der Waals surface area contributed by atoms with Crippen molar-refractivity contribution >= 4 is 0 Å². The number of hydrogen-bond donors (Lipinski definition) is 1. The molecule has 0 radical (unpaired) electrons. The molecule has 78 valence electrons. The first kappa shape index (κ1) is 9.72. The summed E-state index contributed by atoms with van der Waals surface area (Å²) in [5.74, 6) is -1.65. The highest BCUT2D eigenvalue weighted by Crippen LogP contribution is 2.18. The second kappa shape index (κ2) is 3.74. The molecule has 0 bridgehead atoms. The normalized spacial score (nSPS) is 12.7. The van der Waals surface area contributed by atoms with Crippen LogP contribution in [-0.2, 0) is 0 Å². The van der Waals surface area contributed by atoms with E-state index in [1.165, 1.54) is 6.07 Å². The van der Waals surface area contributed by atoms with Gasteiger partial charge in [-0.15, -0.1) is 0 Å². The number of aromatic nitrogens is 2. The number of hydrogen-bond acceptors (Lipinski definition) is 4. The molecule has 0 aliphatic rings. The first-order valence-electron chi connectivity index (χ1n) is 4.15. The lowest BCUT2D eigenvalue weighted by Crippen LogP contribution is -2.13. The van der Waals surface area contributed by atoms with Crippen LogP contribution in [-0.4, -0.2) is 10.1 Å². The topological polar surface area (TPSA) is 64.9 Å². The fourth-order valence-corrected chi connectivity index (χ4v) is 1.17. The molecule has 0 saturated heterocycles. The van der Waals surface area contributed by atoms with Gasteiger partial charge in [0.1, 0.15) is 0 Å². The van der Waals surface area contributed by atoms with Crippen molar-refractivity contribution in [1.82, 2.24) is 10.1 Å². The largest absolute Gasteiger partial charge is 0.343 e. The van der Waals surface area contributed by atoms with Crippen molar-refractivity contribution < 1.29 is 13.3 Å². The lowest BCUT2D eigenvalue weighted by Gasteiger charge is -2.07. The van der Waals surface area contributed by atoms with Gasteiger partial charge in [-0.25, -0.2) is 8.78 Å². The number of nitrogens with zero attached hydrogens (tertiary/aromatic N) is 2. The van der Waals surface area contributed by atoms with Gasteiger partial charge in [0.2, 0.25) is 6.39 Å². The van der Waals surface area contributed by atoms with E-state index in [1.54, 1.807) is 0 Å². The molecule has 6 heteroatoms. The lowest BCUT2D eigenvalue weighted by molar-refractivity contribution is 0.407. The van der Waals surface area contributed by atoms with Gasteiger partial charge in [-0.1, -0.05) is 11.2 Å². The van der Waals surface area contributed by atoms with Crippen LogP contribution < -0.4 is 5.73 Å². The molecule has 0 fully saturated rings. The Labute approximate surface area is 83.7 Å². The van der Waals surface area contributed by atoms with E-state index in [0.29, 0.717) is 5.56 Å². The van der Waals surface area contributed by atoms with Crippen molar-refractivity contribution in [2.24, 2.45) is 5.73 Å². The van der Waals surface area contributed by atoms with Crippen LogP contribution >= 0.6 is 0 Å². The second-order valence-electron chi connectivity index (χ2n) is 2.94. The van der Waals surface area contributed by atoms with Crippen molar-refractivity contribution in [3.05, 3.63) is 47.6 Å². The van der Waals surface area contributed by atoms with Gasteiger partial charge in [0.25, 0.3) is 0 Å². The number of nitrogens with two attached hydrogens (primary N) is 1. The Morgan fingerprint density at radius 2 is 2.07 bits per heavy atom. The molecule has 0 aliphatic heterocycles. The predicted molar refractivity (Wildman–Crippen MR) is 46.7 cm³/mol. The molecule has 0 amide bonds. The van der Waals surface area contributed by atoms with Crippen LogP contribution in [0.25, 0.3) is 0 Å². The van der Waals surface area contributed by atoms with E-state index < -0.39 is 17.7 Å². The minimum Gasteiger partial charge on any atom is -0.343 e. The fraction of sp³-hybridized carbons (Fsp3) is 0.111. The highest BCUT2D eigenvalue weighted by molar-refractivity contribution is 5.25. The highest BCUT2D eigenvalue weighted by atomic mass is 19.2. The van der Waals surface area contributed by atoms with Gasteiger partial charge in [0, 0.05) is 0 Å². The third-order valence-corrected chi connectivity index (χ3v) is 1.96. The minimum absolute atomic E-state index is 0.223. The average Bonchev–Trinajstić information content (AvgIpc) is 2.74. The van der Waals surface area contributed by atoms with Crippen molar-refractivity contribution in [2.75, 3.05) is 0 Å². The van der Waals surface area contributed by atoms with Gasteiger partial charge in [-0.05, 0) is 17.7 Å². The van der Waals surface area contributed by atoms with Gasteiger partial charge in [0.15, 0.2) is 17.5 Å². The van der Waals surface area contributed by atoms with Crippen LogP contribution in [0.2, 0.25) is 0 Å². The second-order valence-corrected chi connectivity index (χ2v) is 2.94. The summed E-state index contributed by atoms with van der Waals surface area (Å²) in [6.07, 6.45) is 1.12. The summed E-state index contributed by atoms with van der Waals surface area (Å²) < 4.78 is 30.0. The molecule has 1 heterocycles. The van der Waals surface area contributed by atoms with Crippen molar-refractivity contribution in [3.63, 3.8) is 0 Å². The molecule has 2 aromatic rings. The first-order chi connectivity index (χ1) is 7.18. The monoisotopic (exact) mass is 211 g/mol. The first-order valence-corrected chi connectivity index (χ1v) is 4.15. The molecule has 4 nitrogen and oxygen atoms in total. The maximum atomic E-state index is 12.9. The van der Waals surface area contributed by atoms with E-state index in [-0.39, 0.29) is 5.82 Å². The van der Waals surface area contributed by atoms with E-state index in [2.05, 4.69) is 14.7 Å². The predicted octanol–water partition coefficient (Wildman–Crippen LogP) is 1.40. The van der Waals surface area contributed by atoms with E-state index in [1.807, 2.05) is 0 Å². The summed E-state index contributed by atoms with van der Waals surface area (Å²) in [5.41, 5.74) is 6.09. The molecule has 0 spiro atoms. The molecular weight excluding hydrogens is 204 g/mol. The molecule has 1 atom stereocenters. The summed E-state index contributed by atoms with van der Waals surface area (Å²) in [7, 11) is 0. The van der Waals surface area contributed by atoms with Crippen molar-refractivity contribution in [3.8, 4) is 0 Å². The van der Waals surface area contributed by atoms with Crippen LogP contribution in [0.4, 0.5) is 8.78 Å². The fourth-order valence-electron chi connectivity index (χ4n) is 1.17. The summed E-state index contributed by atoms with van der Waals surface area (Å²) in [6.45, 7) is 0. The molecule has 0 unspecified atom stereocenters. The zero-order valence-electron chi connectivity index (χ0n) is 7.52. The number of rotatable bonds is 2. The molecule has 1 aromatic carbocycles. The third kappa shape index (κ3) is 1.84. The van der Waals surface area contributed by atoms with Crippen LogP contribution in [0.1, 0.15) is 17.4 Å². The van der Waals surface area contributed by atoms with Gasteiger partial charge in [-0.2, -0.15) is 4.98 Å². The van der Waals surface area contributed by atoms with Crippen LogP contribution in [0.3, 0.4) is 0 Å². The molecule has 1 aromatic heterocycles. The molecule has 0 aliphatic carbocycles. The summed E-state index contributed by atoms with van der Waals surface area (Å²) in [4.78, 5) is 3.73. The van der Waals surface area contributed by atoms with Gasteiger partial charge in [-0.3, -0.25) is 0 Å². The summed E-state index contributed by atoms with van der Waals surface area (Å²) in [6, 6.07) is 2.67. The zero-order valence-corrected chi connectivity index (χ0v) is 7.52. The van der Waals surface area contributed by atoms with Gasteiger partial charge < -0.3 is 10.3 Å². The van der Waals surface area contributed by atoms with Gasteiger partial charge >= 0.3 is 0 Å². The maximum Gasteiger partial charge on any atom is 0.213 e. The minimum atomic E-state index is -0.952. The summed E-state index contributed by atoms with van der Waals surface area (Å²) in [5, 5.41) is 3.52. The highest BCUT2D eigenvalue weighted by Gasteiger charge is 2.15. The Morgan fingerprint density at radius 1 is 1.27 bits per heavy atom. The molecule has 2 N–H and O–H groups in total. The quantitative estimate of drug-likeness (QED) is 0.815.